The number of aromatic nitrogens is 2. The zero-order chi connectivity index (χ0) is 48.7. The number of piperidine rings is 1. The summed E-state index contributed by atoms with van der Waals surface area (Å²) in [5.41, 5.74) is 3.49. The average molecular weight is 978 g/mol. The fourth-order valence-corrected chi connectivity index (χ4v) is 10.0. The molecule has 0 spiro atoms. The summed E-state index contributed by atoms with van der Waals surface area (Å²) in [5.74, 6) is -0.462. The van der Waals surface area contributed by atoms with Crippen LogP contribution in [0.25, 0.3) is 11.3 Å². The van der Waals surface area contributed by atoms with Crippen LogP contribution in [-0.4, -0.2) is 130 Å². The lowest BCUT2D eigenvalue weighted by Gasteiger charge is -2.45. The van der Waals surface area contributed by atoms with E-state index in [0.717, 1.165) is 60.9 Å². The van der Waals surface area contributed by atoms with Crippen LogP contribution in [0, 0.1) is 5.92 Å². The van der Waals surface area contributed by atoms with Gasteiger partial charge in [-0.25, -0.2) is 4.98 Å². The van der Waals surface area contributed by atoms with Gasteiger partial charge in [0.1, 0.15) is 29.4 Å². The van der Waals surface area contributed by atoms with Crippen molar-refractivity contribution in [3.05, 3.63) is 136 Å². The van der Waals surface area contributed by atoms with Crippen LogP contribution in [0.1, 0.15) is 48.7 Å². The van der Waals surface area contributed by atoms with E-state index in [1.165, 1.54) is 12.0 Å². The largest absolute Gasteiger partial charge is 0.457 e. The smallest absolute Gasteiger partial charge is 0.245 e. The van der Waals surface area contributed by atoms with Crippen LogP contribution in [0.4, 0.5) is 0 Å². The summed E-state index contributed by atoms with van der Waals surface area (Å²) in [6.45, 7) is 6.96. The van der Waals surface area contributed by atoms with Gasteiger partial charge in [0.15, 0.2) is 0 Å². The number of piperazine rings is 1. The second-order valence-electron chi connectivity index (χ2n) is 18.8. The number of carbonyl (C=O) groups excluding carboxylic acids is 4. The van der Waals surface area contributed by atoms with E-state index in [-0.39, 0.29) is 32.0 Å². The zero-order valence-electron chi connectivity index (χ0n) is 39.8. The number of hydrogen-bond acceptors (Lipinski definition) is 9. The third-order valence-electron chi connectivity index (χ3n) is 13.8. The van der Waals surface area contributed by atoms with Gasteiger partial charge in [0, 0.05) is 81.0 Å². The second-order valence-corrected chi connectivity index (χ2v) is 19.7. The number of amides is 4. The van der Waals surface area contributed by atoms with Gasteiger partial charge in [-0.15, -0.1) is 0 Å². The van der Waals surface area contributed by atoms with E-state index in [9.17, 15) is 14.4 Å². The fraction of sp³-hybridized carbons (Fsp3) is 0.415. The van der Waals surface area contributed by atoms with Gasteiger partial charge in [-0.3, -0.25) is 24.1 Å². The molecule has 364 valence electrons. The molecule has 69 heavy (non-hydrogen) atoms. The first kappa shape index (κ1) is 49.6. The third-order valence-corrected chi connectivity index (χ3v) is 14.2. The number of imidazole rings is 1. The van der Waals surface area contributed by atoms with E-state index in [1.807, 2.05) is 80.0 Å². The zero-order valence-corrected chi connectivity index (χ0v) is 41.3. The lowest BCUT2D eigenvalue weighted by Crippen LogP contribution is -2.65. The Hall–Kier alpha value is -5.77. The van der Waals surface area contributed by atoms with Crippen molar-refractivity contribution in [1.82, 2.24) is 39.8 Å². The molecule has 0 saturated carbocycles. The fourth-order valence-electron chi connectivity index (χ4n) is 9.74. The van der Waals surface area contributed by atoms with Crippen molar-refractivity contribution in [2.75, 3.05) is 60.0 Å². The van der Waals surface area contributed by atoms with E-state index in [2.05, 4.69) is 32.0 Å². The summed E-state index contributed by atoms with van der Waals surface area (Å²) >= 11 is 12.8. The Balaban J connectivity index is 1.08. The maximum atomic E-state index is 15.0. The summed E-state index contributed by atoms with van der Waals surface area (Å²) in [5, 5.41) is 7.20. The predicted molar refractivity (Wildman–Crippen MR) is 267 cm³/mol. The predicted octanol–water partition coefficient (Wildman–Crippen LogP) is 6.76. The summed E-state index contributed by atoms with van der Waals surface area (Å²) < 4.78 is 14.1. The van der Waals surface area contributed by atoms with E-state index in [4.69, 9.17) is 37.7 Å². The Morgan fingerprint density at radius 1 is 0.812 bits per heavy atom. The minimum absolute atomic E-state index is 0.0651. The van der Waals surface area contributed by atoms with Crippen LogP contribution < -0.4 is 15.4 Å². The lowest BCUT2D eigenvalue weighted by atomic mass is 9.81. The summed E-state index contributed by atoms with van der Waals surface area (Å²) in [6.07, 6.45) is 3.64. The summed E-state index contributed by atoms with van der Waals surface area (Å²) in [7, 11) is 5.64. The van der Waals surface area contributed by atoms with Crippen LogP contribution in [0.15, 0.2) is 103 Å². The third kappa shape index (κ3) is 12.3. The highest BCUT2D eigenvalue weighted by Crippen LogP contribution is 2.34. The normalized spacial score (nSPS) is 22.3. The molecular formula is C53H62Cl2N8O6. The number of methoxy groups -OCH3 is 1. The SMILES string of the molecule is COC[C@@H]1NC(=O)[C@H](C)N(Cc2ccc(Cl)cc2Oc2ccc(-c3cnc(CN4CCN(C)CC4)n3C)cc2)C(=O)C[C@@H](Cc2ccccc2)C(=O)N2CCC[C@@](Cc3ccc(Cl)cc3)(C2)NC1=O. The number of halogens is 2. The van der Waals surface area contributed by atoms with Crippen LogP contribution in [0.2, 0.25) is 10.0 Å². The van der Waals surface area contributed by atoms with Crippen LogP contribution >= 0.6 is 23.2 Å². The number of hydrogen-bond donors (Lipinski definition) is 2. The molecule has 0 unspecified atom stereocenters. The standard InChI is InChI=1S/C53H62Cl2N8O6/c1-36-50(65)57-45(34-68-4)51(66)58-53(30-38-11-16-42(54)17-12-38)21-8-22-62(35-53)52(67)41(27-37-9-6-5-7-10-37)28-49(64)63(36)32-40-13-18-43(55)29-47(40)69-44-19-14-39(15-20-44)46-31-56-48(60(46)3)33-61-25-23-59(2)24-26-61/h5-7,9-20,29,31,36,41,45H,8,21-28,30,32-35H2,1-4H3,(H,57,65)(H,58,66)/t36-,41+,45-,53+/m0/s1. The minimum Gasteiger partial charge on any atom is -0.457 e. The molecule has 2 bridgehead atoms. The van der Waals surface area contributed by atoms with E-state index in [0.29, 0.717) is 59.3 Å². The molecule has 3 aliphatic heterocycles. The molecule has 4 heterocycles. The van der Waals surface area contributed by atoms with Crippen molar-refractivity contribution in [2.45, 2.75) is 69.7 Å². The Morgan fingerprint density at radius 2 is 1.54 bits per heavy atom. The molecule has 1 aromatic heterocycles. The Bertz CT molecular complexity index is 2590. The molecule has 5 aromatic rings. The molecule has 3 saturated heterocycles. The van der Waals surface area contributed by atoms with Crippen molar-refractivity contribution in [2.24, 2.45) is 13.0 Å². The summed E-state index contributed by atoms with van der Waals surface area (Å²) in [6, 6.07) is 27.7. The van der Waals surface area contributed by atoms with Crippen molar-refractivity contribution >= 4 is 46.8 Å². The molecule has 3 fully saturated rings. The molecule has 4 atom stereocenters. The van der Waals surface area contributed by atoms with Gasteiger partial charge in [-0.1, -0.05) is 71.7 Å². The highest BCUT2D eigenvalue weighted by molar-refractivity contribution is 6.31. The maximum Gasteiger partial charge on any atom is 0.245 e. The molecule has 0 radical (unpaired) electrons. The van der Waals surface area contributed by atoms with Gasteiger partial charge in [0.05, 0.1) is 43.0 Å². The molecule has 4 aromatic carbocycles. The second kappa shape index (κ2) is 22.3. The van der Waals surface area contributed by atoms with Crippen LogP contribution in [-0.2, 0) is 56.9 Å². The molecule has 3 aliphatic rings. The molecule has 2 N–H and O–H groups in total. The number of fused-ring (bicyclic) bond motifs is 2. The number of rotatable bonds is 13. The lowest BCUT2D eigenvalue weighted by molar-refractivity contribution is -0.147. The van der Waals surface area contributed by atoms with Crippen molar-refractivity contribution in [1.29, 1.82) is 0 Å². The summed E-state index contributed by atoms with van der Waals surface area (Å²) in [4.78, 5) is 71.6. The van der Waals surface area contributed by atoms with Gasteiger partial charge >= 0.3 is 0 Å². The minimum atomic E-state index is -1.10. The monoisotopic (exact) mass is 976 g/mol. The number of nitrogens with zero attached hydrogens (tertiary/aromatic N) is 6. The van der Waals surface area contributed by atoms with Crippen LogP contribution in [0.3, 0.4) is 0 Å². The van der Waals surface area contributed by atoms with Crippen molar-refractivity contribution in [3.8, 4) is 22.8 Å². The highest BCUT2D eigenvalue weighted by Gasteiger charge is 2.43. The molecule has 0 aliphatic carbocycles. The van der Waals surface area contributed by atoms with Gasteiger partial charge < -0.3 is 39.4 Å². The Labute approximate surface area is 414 Å². The maximum absolute atomic E-state index is 15.0. The Morgan fingerprint density at radius 3 is 2.26 bits per heavy atom. The quantitative estimate of drug-likeness (QED) is 0.131. The number of carbonyl (C=O) groups is 4. The first-order valence-electron chi connectivity index (χ1n) is 23.7. The highest BCUT2D eigenvalue weighted by atomic mass is 35.5. The topological polar surface area (TPSA) is 142 Å². The van der Waals surface area contributed by atoms with Crippen molar-refractivity contribution < 1.29 is 28.7 Å². The van der Waals surface area contributed by atoms with Crippen molar-refractivity contribution in [3.63, 3.8) is 0 Å². The first-order chi connectivity index (χ1) is 33.3. The van der Waals surface area contributed by atoms with Crippen LogP contribution in [0.5, 0.6) is 11.5 Å². The van der Waals surface area contributed by atoms with E-state index >= 15 is 4.79 Å². The first-order valence-corrected chi connectivity index (χ1v) is 24.5. The Kier molecular flexibility index (Phi) is 16.1. The number of nitrogens with one attached hydrogen (secondary N) is 2. The van der Waals surface area contributed by atoms with E-state index < -0.39 is 41.3 Å². The number of ether oxygens (including phenoxy) is 2. The molecule has 14 nitrogen and oxygen atoms in total. The number of benzene rings is 4. The van der Waals surface area contributed by atoms with Gasteiger partial charge in [-0.2, -0.15) is 0 Å². The van der Waals surface area contributed by atoms with E-state index in [1.54, 1.807) is 42.2 Å². The van der Waals surface area contributed by atoms with Gasteiger partial charge in [-0.05, 0) is 99.3 Å². The molecule has 4 amide bonds. The average Bonchev–Trinajstić information content (AvgIpc) is 3.70. The molecule has 16 heteroatoms. The van der Waals surface area contributed by atoms with Gasteiger partial charge in [0.2, 0.25) is 23.6 Å². The molecular weight excluding hydrogens is 916 g/mol. The van der Waals surface area contributed by atoms with Gasteiger partial charge in [0.25, 0.3) is 0 Å². The molecule has 8 rings (SSSR count). The number of likely N-dealkylation sites (N-methyl/N-ethyl adjacent to an activating group) is 1.